The Bertz CT molecular complexity index is 1540. The van der Waals surface area contributed by atoms with E-state index in [1.165, 1.54) is 24.8 Å². The lowest BCUT2D eigenvalue weighted by molar-refractivity contribution is 0.437. The van der Waals surface area contributed by atoms with Gasteiger partial charge < -0.3 is 9.88 Å². The molecule has 2 aromatic carbocycles. The molecule has 36 heavy (non-hydrogen) atoms. The van der Waals surface area contributed by atoms with Crippen molar-refractivity contribution in [3.8, 4) is 17.1 Å². The third-order valence-corrected chi connectivity index (χ3v) is 7.08. The zero-order valence-electron chi connectivity index (χ0n) is 20.9. The summed E-state index contributed by atoms with van der Waals surface area (Å²) >= 11 is 0. The van der Waals surface area contributed by atoms with Gasteiger partial charge in [0, 0.05) is 11.4 Å². The summed E-state index contributed by atoms with van der Waals surface area (Å²) in [7, 11) is 0. The summed E-state index contributed by atoms with van der Waals surface area (Å²) in [5.41, 5.74) is 9.32. The van der Waals surface area contributed by atoms with Crippen molar-refractivity contribution in [3.05, 3.63) is 95.6 Å². The lowest BCUT2D eigenvalue weighted by atomic mass is 9.96. The molecule has 0 spiro atoms. The molecule has 0 bridgehead atoms. The van der Waals surface area contributed by atoms with Crippen LogP contribution in [0.5, 0.6) is 0 Å². The van der Waals surface area contributed by atoms with Gasteiger partial charge in [-0.2, -0.15) is 0 Å². The van der Waals surface area contributed by atoms with Crippen LogP contribution < -0.4 is 10.7 Å². The standard InChI is InChI=1S/C31H31N5/c1-21-12-16-25(17-13-21)36-30-11-7-6-10-26(30)35-29-18-27(34-24-15-14-22(2)32-20-24)28(19-31(29)36)33-23-8-4-3-5-9-23/h6-7,10-20,23,34H,3-5,8-9H2,1-2H3/b33-28+. The van der Waals surface area contributed by atoms with Crippen molar-refractivity contribution in [2.75, 3.05) is 5.32 Å². The smallest absolute Gasteiger partial charge is 0.0900 e. The monoisotopic (exact) mass is 473 g/mol. The number of benzene rings is 3. The zero-order valence-corrected chi connectivity index (χ0v) is 20.9. The number of pyridine rings is 1. The number of aryl methyl sites for hydroxylation is 2. The van der Waals surface area contributed by atoms with Crippen molar-refractivity contribution >= 4 is 22.4 Å². The molecule has 0 unspecified atom stereocenters. The Kier molecular flexibility index (Phi) is 5.98. The highest BCUT2D eigenvalue weighted by Gasteiger charge is 2.18. The second-order valence-electron chi connectivity index (χ2n) is 9.86. The molecule has 0 saturated heterocycles. The minimum atomic E-state index is 0.356. The van der Waals surface area contributed by atoms with Crippen LogP contribution in [0.4, 0.5) is 11.4 Å². The van der Waals surface area contributed by atoms with Gasteiger partial charge in [-0.1, -0.05) is 49.1 Å². The molecule has 2 aliphatic carbocycles. The lowest BCUT2D eigenvalue weighted by Crippen LogP contribution is -2.19. The number of aromatic nitrogens is 3. The molecular formula is C31H31N5. The molecule has 0 amide bonds. The number of fused-ring (bicyclic) bond motifs is 2. The minimum Gasteiger partial charge on any atom is -0.352 e. The van der Waals surface area contributed by atoms with Crippen LogP contribution in [0.3, 0.4) is 0 Å². The van der Waals surface area contributed by atoms with Gasteiger partial charge in [0.05, 0.1) is 51.4 Å². The van der Waals surface area contributed by atoms with Gasteiger partial charge in [0.1, 0.15) is 0 Å². The largest absolute Gasteiger partial charge is 0.352 e. The van der Waals surface area contributed by atoms with Crippen molar-refractivity contribution in [2.45, 2.75) is 52.0 Å². The number of nitrogens with zero attached hydrogens (tertiary/aromatic N) is 4. The summed E-state index contributed by atoms with van der Waals surface area (Å²) < 4.78 is 2.31. The molecule has 5 nitrogen and oxygen atoms in total. The molecule has 5 heteroatoms. The summed E-state index contributed by atoms with van der Waals surface area (Å²) in [5.74, 6) is 0. The predicted molar refractivity (Wildman–Crippen MR) is 147 cm³/mol. The molecule has 1 aliphatic heterocycles. The van der Waals surface area contributed by atoms with Crippen LogP contribution >= 0.6 is 0 Å². The number of para-hydroxylation sites is 2. The van der Waals surface area contributed by atoms with E-state index in [-0.39, 0.29) is 0 Å². The normalized spacial score (nSPS) is 15.0. The number of rotatable bonds is 4. The molecule has 180 valence electrons. The number of nitrogens with one attached hydrogen (secondary N) is 1. The number of hydrogen-bond acceptors (Lipinski definition) is 4. The van der Waals surface area contributed by atoms with Crippen LogP contribution in [0.2, 0.25) is 0 Å². The molecule has 0 atom stereocenters. The number of hydrogen-bond donors (Lipinski definition) is 1. The first-order chi connectivity index (χ1) is 17.6. The van der Waals surface area contributed by atoms with E-state index < -0.39 is 0 Å². The van der Waals surface area contributed by atoms with Crippen LogP contribution in [-0.4, -0.2) is 20.6 Å². The van der Waals surface area contributed by atoms with Crippen molar-refractivity contribution < 1.29 is 0 Å². The first-order valence-corrected chi connectivity index (χ1v) is 12.9. The van der Waals surface area contributed by atoms with Gasteiger partial charge in [-0.15, -0.1) is 0 Å². The molecule has 6 rings (SSSR count). The highest BCUT2D eigenvalue weighted by molar-refractivity contribution is 5.84. The van der Waals surface area contributed by atoms with Crippen LogP contribution in [0, 0.1) is 13.8 Å². The summed E-state index contributed by atoms with van der Waals surface area (Å²) in [6, 6.07) is 25.9. The zero-order chi connectivity index (χ0) is 24.5. The molecular weight excluding hydrogens is 442 g/mol. The first kappa shape index (κ1) is 22.5. The van der Waals surface area contributed by atoms with E-state index in [0.717, 1.165) is 63.4 Å². The fraction of sp³-hybridized carbons (Fsp3) is 0.258. The third-order valence-electron chi connectivity index (χ3n) is 7.08. The summed E-state index contributed by atoms with van der Waals surface area (Å²) in [6.07, 6.45) is 8.00. The quantitative estimate of drug-likeness (QED) is 0.283. The van der Waals surface area contributed by atoms with Crippen molar-refractivity contribution in [1.29, 1.82) is 0 Å². The van der Waals surface area contributed by atoms with E-state index in [1.807, 2.05) is 25.3 Å². The van der Waals surface area contributed by atoms with E-state index in [2.05, 4.69) is 82.5 Å². The Hall–Kier alpha value is -3.99. The molecule has 0 radical (unpaired) electrons. The SMILES string of the molecule is Cc1ccc(-n2c3c/c(=N\C4CCCCC4)c(Nc4ccc(C)nc4)cc-3nc3ccccc32)cc1. The second-order valence-corrected chi connectivity index (χ2v) is 9.86. The predicted octanol–water partition coefficient (Wildman–Crippen LogP) is 7.12. The minimum absolute atomic E-state index is 0.356. The van der Waals surface area contributed by atoms with E-state index in [0.29, 0.717) is 6.04 Å². The summed E-state index contributed by atoms with van der Waals surface area (Å²) in [4.78, 5) is 14.8. The Morgan fingerprint density at radius 3 is 2.47 bits per heavy atom. The first-order valence-electron chi connectivity index (χ1n) is 12.9. The Labute approximate surface area is 211 Å². The van der Waals surface area contributed by atoms with Crippen molar-refractivity contribution in [3.63, 3.8) is 0 Å². The van der Waals surface area contributed by atoms with Gasteiger partial charge in [0.15, 0.2) is 0 Å². The van der Waals surface area contributed by atoms with Gasteiger partial charge in [-0.25, -0.2) is 4.98 Å². The van der Waals surface area contributed by atoms with Crippen LogP contribution in [0.25, 0.3) is 28.1 Å². The van der Waals surface area contributed by atoms with Crippen LogP contribution in [-0.2, 0) is 0 Å². The summed E-state index contributed by atoms with van der Waals surface area (Å²) in [5, 5.41) is 4.57. The van der Waals surface area contributed by atoms with Crippen molar-refractivity contribution in [2.24, 2.45) is 4.99 Å². The molecule has 1 N–H and O–H groups in total. The summed E-state index contributed by atoms with van der Waals surface area (Å²) in [6.45, 7) is 4.12. The second kappa shape index (κ2) is 9.57. The van der Waals surface area contributed by atoms with Gasteiger partial charge >= 0.3 is 0 Å². The van der Waals surface area contributed by atoms with Gasteiger partial charge in [-0.3, -0.25) is 9.98 Å². The maximum absolute atomic E-state index is 5.29. The van der Waals surface area contributed by atoms with E-state index in [4.69, 9.17) is 9.98 Å². The maximum atomic E-state index is 5.29. The Morgan fingerprint density at radius 1 is 0.889 bits per heavy atom. The Morgan fingerprint density at radius 2 is 1.69 bits per heavy atom. The van der Waals surface area contributed by atoms with Gasteiger partial charge in [0.25, 0.3) is 0 Å². The highest BCUT2D eigenvalue weighted by atomic mass is 15.0. The third kappa shape index (κ3) is 4.49. The molecule has 1 saturated carbocycles. The van der Waals surface area contributed by atoms with E-state index in [1.54, 1.807) is 0 Å². The molecule has 3 aliphatic rings. The lowest BCUT2D eigenvalue weighted by Gasteiger charge is -2.21. The highest BCUT2D eigenvalue weighted by Crippen LogP contribution is 2.31. The van der Waals surface area contributed by atoms with E-state index >= 15 is 0 Å². The van der Waals surface area contributed by atoms with Crippen molar-refractivity contribution in [1.82, 2.24) is 14.5 Å². The maximum Gasteiger partial charge on any atom is 0.0900 e. The fourth-order valence-corrected chi connectivity index (χ4v) is 5.12. The van der Waals surface area contributed by atoms with Gasteiger partial charge in [-0.05, 0) is 75.2 Å². The van der Waals surface area contributed by atoms with Crippen LogP contribution in [0.1, 0.15) is 43.4 Å². The molecule has 2 heterocycles. The number of anilines is 2. The van der Waals surface area contributed by atoms with Crippen LogP contribution in [0.15, 0.2) is 84.0 Å². The molecule has 1 aromatic heterocycles. The molecule has 1 fully saturated rings. The topological polar surface area (TPSA) is 55.1 Å². The fourth-order valence-electron chi connectivity index (χ4n) is 5.12. The van der Waals surface area contributed by atoms with E-state index in [9.17, 15) is 0 Å². The average molecular weight is 474 g/mol. The Balaban J connectivity index is 1.61. The molecule has 3 aromatic rings. The van der Waals surface area contributed by atoms with Gasteiger partial charge in [0.2, 0.25) is 0 Å². The average Bonchev–Trinajstić information content (AvgIpc) is 2.90.